The maximum absolute atomic E-state index is 5.73. The molecule has 1 heterocycles. The van der Waals surface area contributed by atoms with Crippen molar-refractivity contribution in [3.8, 4) is 5.75 Å². The Morgan fingerprint density at radius 2 is 1.62 bits per heavy atom. The second-order valence-electron chi connectivity index (χ2n) is 4.60. The molecule has 0 spiro atoms. The fraction of sp³-hybridized carbons (Fsp3) is 0.667. The Morgan fingerprint density at radius 1 is 1.00 bits per heavy atom. The molecule has 6 heteroatoms. The van der Waals surface area contributed by atoms with Gasteiger partial charge in [0.15, 0.2) is 0 Å². The molecule has 0 fully saturated rings. The van der Waals surface area contributed by atoms with Crippen LogP contribution in [0, 0.1) is 13.8 Å². The average molecular weight is 298 g/mol. The zero-order valence-electron chi connectivity index (χ0n) is 13.2. The van der Waals surface area contributed by atoms with Gasteiger partial charge in [0.05, 0.1) is 33.0 Å². The van der Waals surface area contributed by atoms with E-state index >= 15 is 0 Å². The number of nitrogens with zero attached hydrogens (tertiary/aromatic N) is 1. The van der Waals surface area contributed by atoms with Crippen LogP contribution in [0.4, 0.5) is 0 Å². The van der Waals surface area contributed by atoms with Gasteiger partial charge in [-0.05, 0) is 13.8 Å². The van der Waals surface area contributed by atoms with Crippen molar-refractivity contribution >= 4 is 0 Å². The summed E-state index contributed by atoms with van der Waals surface area (Å²) >= 11 is 0. The molecule has 0 aliphatic heterocycles. The van der Waals surface area contributed by atoms with Gasteiger partial charge in [-0.3, -0.25) is 4.98 Å². The Hall–Kier alpha value is -1.21. The largest absolute Gasteiger partial charge is 0.491 e. The third-order valence-corrected chi connectivity index (χ3v) is 2.91. The molecule has 0 atom stereocenters. The number of methoxy groups -OCH3 is 1. The van der Waals surface area contributed by atoms with E-state index in [1.54, 1.807) is 7.11 Å². The Bertz CT molecular complexity index is 413. The van der Waals surface area contributed by atoms with E-state index in [1.807, 2.05) is 19.9 Å². The number of pyridine rings is 1. The van der Waals surface area contributed by atoms with Crippen LogP contribution in [0.1, 0.15) is 17.0 Å². The summed E-state index contributed by atoms with van der Waals surface area (Å²) in [6, 6.07) is 1.91. The summed E-state index contributed by atoms with van der Waals surface area (Å²) in [6.07, 6.45) is 0. The monoisotopic (exact) mass is 298 g/mol. The van der Waals surface area contributed by atoms with E-state index in [4.69, 9.17) is 24.7 Å². The number of aryl methyl sites for hydroxylation is 2. The normalized spacial score (nSPS) is 10.9. The molecule has 120 valence electrons. The highest BCUT2D eigenvalue weighted by Gasteiger charge is 2.08. The molecule has 0 saturated heterocycles. The van der Waals surface area contributed by atoms with Gasteiger partial charge in [-0.2, -0.15) is 0 Å². The van der Waals surface area contributed by atoms with Crippen LogP contribution in [0.25, 0.3) is 0 Å². The average Bonchev–Trinajstić information content (AvgIpc) is 2.45. The van der Waals surface area contributed by atoms with Gasteiger partial charge in [-0.1, -0.05) is 0 Å². The molecular weight excluding hydrogens is 272 g/mol. The highest BCUT2D eigenvalue weighted by molar-refractivity contribution is 5.37. The first kappa shape index (κ1) is 17.8. The van der Waals surface area contributed by atoms with Gasteiger partial charge in [-0.25, -0.2) is 0 Å². The summed E-state index contributed by atoms with van der Waals surface area (Å²) in [5.41, 5.74) is 8.52. The summed E-state index contributed by atoms with van der Waals surface area (Å²) in [5, 5.41) is 0. The van der Waals surface area contributed by atoms with Crippen molar-refractivity contribution in [3.63, 3.8) is 0 Å². The van der Waals surface area contributed by atoms with E-state index in [2.05, 4.69) is 4.98 Å². The van der Waals surface area contributed by atoms with Crippen LogP contribution in [-0.4, -0.2) is 51.7 Å². The third kappa shape index (κ3) is 6.86. The Kier molecular flexibility index (Phi) is 8.93. The Balaban J connectivity index is 2.21. The van der Waals surface area contributed by atoms with E-state index < -0.39 is 0 Å². The number of hydrogen-bond acceptors (Lipinski definition) is 6. The van der Waals surface area contributed by atoms with Crippen molar-refractivity contribution in [1.29, 1.82) is 0 Å². The van der Waals surface area contributed by atoms with E-state index in [0.717, 1.165) is 22.7 Å². The highest BCUT2D eigenvalue weighted by atomic mass is 16.6. The molecule has 0 saturated carbocycles. The molecule has 0 aromatic carbocycles. The predicted octanol–water partition coefficient (Wildman–Crippen LogP) is 1.22. The number of nitrogens with two attached hydrogens (primary N) is 1. The summed E-state index contributed by atoms with van der Waals surface area (Å²) < 4.78 is 21.3. The van der Waals surface area contributed by atoms with Crippen molar-refractivity contribution in [2.24, 2.45) is 5.73 Å². The Morgan fingerprint density at radius 3 is 2.24 bits per heavy atom. The summed E-state index contributed by atoms with van der Waals surface area (Å²) in [6.45, 7) is 7.59. The summed E-state index contributed by atoms with van der Waals surface area (Å²) in [5.74, 6) is 0.794. The lowest BCUT2D eigenvalue weighted by Crippen LogP contribution is -2.14. The minimum absolute atomic E-state index is 0.419. The van der Waals surface area contributed by atoms with Crippen molar-refractivity contribution in [2.45, 2.75) is 20.4 Å². The molecule has 0 aliphatic rings. The van der Waals surface area contributed by atoms with Crippen LogP contribution in [0.3, 0.4) is 0 Å². The first-order valence-corrected chi connectivity index (χ1v) is 7.13. The van der Waals surface area contributed by atoms with Gasteiger partial charge >= 0.3 is 0 Å². The summed E-state index contributed by atoms with van der Waals surface area (Å²) in [4.78, 5) is 4.38. The maximum atomic E-state index is 5.73. The molecule has 1 rings (SSSR count). The molecular formula is C15H26N2O4. The van der Waals surface area contributed by atoms with Crippen LogP contribution in [0.2, 0.25) is 0 Å². The van der Waals surface area contributed by atoms with E-state index in [0.29, 0.717) is 46.2 Å². The summed E-state index contributed by atoms with van der Waals surface area (Å²) in [7, 11) is 1.65. The zero-order valence-corrected chi connectivity index (χ0v) is 13.2. The van der Waals surface area contributed by atoms with Gasteiger partial charge in [0.2, 0.25) is 0 Å². The zero-order chi connectivity index (χ0) is 15.5. The lowest BCUT2D eigenvalue weighted by molar-refractivity contribution is 0.0179. The molecule has 0 amide bonds. The molecule has 1 aromatic rings. The molecule has 21 heavy (non-hydrogen) atoms. The fourth-order valence-electron chi connectivity index (χ4n) is 1.87. The van der Waals surface area contributed by atoms with E-state index in [-0.39, 0.29) is 0 Å². The van der Waals surface area contributed by atoms with Crippen LogP contribution >= 0.6 is 0 Å². The van der Waals surface area contributed by atoms with E-state index in [1.165, 1.54) is 0 Å². The lowest BCUT2D eigenvalue weighted by Gasteiger charge is -2.13. The van der Waals surface area contributed by atoms with Crippen LogP contribution in [-0.2, 0) is 20.8 Å². The molecule has 0 unspecified atom stereocenters. The van der Waals surface area contributed by atoms with Crippen LogP contribution in [0.5, 0.6) is 5.75 Å². The second-order valence-corrected chi connectivity index (χ2v) is 4.60. The SMILES string of the molecule is COCCOCCOCCOc1cc(C)nc(C)c1CN. The van der Waals surface area contributed by atoms with Crippen molar-refractivity contribution < 1.29 is 18.9 Å². The minimum Gasteiger partial charge on any atom is -0.491 e. The maximum Gasteiger partial charge on any atom is 0.127 e. The number of rotatable bonds is 11. The lowest BCUT2D eigenvalue weighted by atomic mass is 10.1. The molecule has 0 aliphatic carbocycles. The number of hydrogen-bond donors (Lipinski definition) is 1. The molecule has 6 nitrogen and oxygen atoms in total. The molecule has 0 radical (unpaired) electrons. The van der Waals surface area contributed by atoms with Crippen LogP contribution in [0.15, 0.2) is 6.07 Å². The Labute approximate surface area is 126 Å². The standard InChI is InChI=1S/C15H26N2O4/c1-12-10-15(14(11-16)13(2)17-12)21-9-8-20-7-6-19-5-4-18-3/h10H,4-9,11,16H2,1-3H3. The topological polar surface area (TPSA) is 75.8 Å². The quantitative estimate of drug-likeness (QED) is 0.619. The highest BCUT2D eigenvalue weighted by Crippen LogP contribution is 2.21. The van der Waals surface area contributed by atoms with Crippen molar-refractivity contribution in [2.75, 3.05) is 46.8 Å². The number of ether oxygens (including phenoxy) is 4. The first-order chi connectivity index (χ1) is 10.2. The van der Waals surface area contributed by atoms with Gasteiger partial charge in [0, 0.05) is 36.7 Å². The predicted molar refractivity (Wildman–Crippen MR) is 80.6 cm³/mol. The minimum atomic E-state index is 0.419. The van der Waals surface area contributed by atoms with Crippen LogP contribution < -0.4 is 10.5 Å². The number of aromatic nitrogens is 1. The van der Waals surface area contributed by atoms with Gasteiger partial charge in [-0.15, -0.1) is 0 Å². The second kappa shape index (κ2) is 10.5. The molecule has 2 N–H and O–H groups in total. The fourth-order valence-corrected chi connectivity index (χ4v) is 1.87. The first-order valence-electron chi connectivity index (χ1n) is 7.13. The van der Waals surface area contributed by atoms with E-state index in [9.17, 15) is 0 Å². The third-order valence-electron chi connectivity index (χ3n) is 2.91. The molecule has 0 bridgehead atoms. The molecule has 1 aromatic heterocycles. The van der Waals surface area contributed by atoms with Gasteiger partial charge in [0.1, 0.15) is 12.4 Å². The smallest absolute Gasteiger partial charge is 0.127 e. The van der Waals surface area contributed by atoms with Gasteiger partial charge < -0.3 is 24.7 Å². The van der Waals surface area contributed by atoms with Crippen molar-refractivity contribution in [1.82, 2.24) is 4.98 Å². The van der Waals surface area contributed by atoms with Crippen molar-refractivity contribution in [3.05, 3.63) is 23.0 Å². The van der Waals surface area contributed by atoms with Gasteiger partial charge in [0.25, 0.3) is 0 Å².